The maximum absolute atomic E-state index is 12.6. The van der Waals surface area contributed by atoms with Crippen LogP contribution in [0, 0.1) is 6.92 Å². The monoisotopic (exact) mass is 455 g/mol. The van der Waals surface area contributed by atoms with Crippen LogP contribution in [0.5, 0.6) is 0 Å². The van der Waals surface area contributed by atoms with Crippen molar-refractivity contribution < 1.29 is 4.79 Å². The van der Waals surface area contributed by atoms with Crippen molar-refractivity contribution in [3.05, 3.63) is 53.3 Å². The molecular formula is C23H26ClN5OS. The fourth-order valence-corrected chi connectivity index (χ4v) is 4.86. The second-order valence-electron chi connectivity index (χ2n) is 7.81. The van der Waals surface area contributed by atoms with E-state index in [1.807, 2.05) is 41.8 Å². The molecule has 8 heteroatoms. The number of halogens is 1. The number of carbonyl (C=O) groups excluding carboxylic acids is 1. The third-order valence-corrected chi connectivity index (χ3v) is 6.94. The van der Waals surface area contributed by atoms with Gasteiger partial charge in [-0.3, -0.25) is 14.3 Å². The smallest absolute Gasteiger partial charge is 0.230 e. The summed E-state index contributed by atoms with van der Waals surface area (Å²) in [5.41, 5.74) is 2.73. The van der Waals surface area contributed by atoms with Crippen molar-refractivity contribution >= 4 is 29.3 Å². The first-order valence-electron chi connectivity index (χ1n) is 10.7. The zero-order valence-corrected chi connectivity index (χ0v) is 19.1. The van der Waals surface area contributed by atoms with Gasteiger partial charge in [0.15, 0.2) is 11.0 Å². The fourth-order valence-electron chi connectivity index (χ4n) is 3.93. The van der Waals surface area contributed by atoms with E-state index in [0.29, 0.717) is 21.8 Å². The van der Waals surface area contributed by atoms with E-state index in [1.165, 1.54) is 37.4 Å². The van der Waals surface area contributed by atoms with E-state index in [4.69, 9.17) is 11.6 Å². The minimum absolute atomic E-state index is 0.0414. The lowest BCUT2D eigenvalue weighted by atomic mass is 10.1. The quantitative estimate of drug-likeness (QED) is 0.407. The lowest BCUT2D eigenvalue weighted by Crippen LogP contribution is -2.35. The fraction of sp³-hybridized carbons (Fsp3) is 0.391. The van der Waals surface area contributed by atoms with Gasteiger partial charge >= 0.3 is 0 Å². The summed E-state index contributed by atoms with van der Waals surface area (Å²) in [7, 11) is 0. The second kappa shape index (κ2) is 10.3. The number of amides is 1. The molecule has 0 aliphatic heterocycles. The SMILES string of the molecule is Cc1c(Cl)cccc1-n1c(SCC(=O)NC2CCCCCC2)nnc1-c1ccncc1. The number of carbonyl (C=O) groups is 1. The number of pyridine rings is 1. The van der Waals surface area contributed by atoms with Crippen LogP contribution < -0.4 is 5.32 Å². The van der Waals surface area contributed by atoms with Gasteiger partial charge in [-0.2, -0.15) is 0 Å². The van der Waals surface area contributed by atoms with E-state index in [2.05, 4.69) is 20.5 Å². The van der Waals surface area contributed by atoms with Crippen LogP contribution in [-0.2, 0) is 4.79 Å². The van der Waals surface area contributed by atoms with Gasteiger partial charge in [-0.15, -0.1) is 10.2 Å². The van der Waals surface area contributed by atoms with Crippen LogP contribution >= 0.6 is 23.4 Å². The Labute approximate surface area is 191 Å². The van der Waals surface area contributed by atoms with E-state index < -0.39 is 0 Å². The molecule has 1 aliphatic carbocycles. The Kier molecular flexibility index (Phi) is 7.25. The average Bonchev–Trinajstić information content (AvgIpc) is 3.03. The van der Waals surface area contributed by atoms with Crippen molar-refractivity contribution in [3.63, 3.8) is 0 Å². The van der Waals surface area contributed by atoms with Gasteiger partial charge in [0, 0.05) is 29.0 Å². The Bertz CT molecular complexity index is 1030. The third kappa shape index (κ3) is 5.28. The van der Waals surface area contributed by atoms with Crippen LogP contribution in [0.1, 0.15) is 44.1 Å². The highest BCUT2D eigenvalue weighted by Crippen LogP contribution is 2.31. The minimum atomic E-state index is 0.0414. The third-order valence-electron chi connectivity index (χ3n) is 5.60. The molecule has 1 N–H and O–H groups in total. The van der Waals surface area contributed by atoms with Crippen molar-refractivity contribution in [2.75, 3.05) is 5.75 Å². The largest absolute Gasteiger partial charge is 0.353 e. The van der Waals surface area contributed by atoms with Gasteiger partial charge < -0.3 is 5.32 Å². The zero-order chi connectivity index (χ0) is 21.6. The van der Waals surface area contributed by atoms with Gasteiger partial charge in [0.2, 0.25) is 5.91 Å². The molecule has 0 bridgehead atoms. The number of rotatable bonds is 6. The van der Waals surface area contributed by atoms with Gasteiger partial charge in [-0.05, 0) is 49.6 Å². The molecule has 0 saturated heterocycles. The summed E-state index contributed by atoms with van der Waals surface area (Å²) in [5.74, 6) is 1.03. The molecule has 4 rings (SSSR count). The molecule has 2 aromatic heterocycles. The molecule has 31 heavy (non-hydrogen) atoms. The molecule has 1 saturated carbocycles. The normalized spacial score (nSPS) is 14.9. The summed E-state index contributed by atoms with van der Waals surface area (Å²) in [4.78, 5) is 16.7. The topological polar surface area (TPSA) is 72.7 Å². The highest BCUT2D eigenvalue weighted by atomic mass is 35.5. The molecule has 0 radical (unpaired) electrons. The summed E-state index contributed by atoms with van der Waals surface area (Å²) in [6.45, 7) is 1.97. The van der Waals surface area contributed by atoms with Gasteiger partial charge in [0.25, 0.3) is 0 Å². The Hall–Kier alpha value is -2.38. The number of nitrogens with zero attached hydrogens (tertiary/aromatic N) is 4. The molecule has 162 valence electrons. The first kappa shape index (κ1) is 21.8. The number of aromatic nitrogens is 4. The van der Waals surface area contributed by atoms with E-state index >= 15 is 0 Å². The number of nitrogens with one attached hydrogen (secondary N) is 1. The van der Waals surface area contributed by atoms with E-state index in [9.17, 15) is 4.79 Å². The van der Waals surface area contributed by atoms with E-state index in [1.54, 1.807) is 12.4 Å². The summed E-state index contributed by atoms with van der Waals surface area (Å²) >= 11 is 7.79. The molecule has 3 aromatic rings. The van der Waals surface area contributed by atoms with Crippen molar-refractivity contribution in [2.45, 2.75) is 56.6 Å². The minimum Gasteiger partial charge on any atom is -0.353 e. The van der Waals surface area contributed by atoms with Crippen molar-refractivity contribution in [1.82, 2.24) is 25.1 Å². The lowest BCUT2D eigenvalue weighted by Gasteiger charge is -2.16. The summed E-state index contributed by atoms with van der Waals surface area (Å²) in [6.07, 6.45) is 10.5. The van der Waals surface area contributed by atoms with Crippen LogP contribution in [0.2, 0.25) is 5.02 Å². The van der Waals surface area contributed by atoms with Crippen molar-refractivity contribution in [2.24, 2.45) is 0 Å². The maximum atomic E-state index is 12.6. The summed E-state index contributed by atoms with van der Waals surface area (Å²) < 4.78 is 1.97. The Balaban J connectivity index is 1.58. The van der Waals surface area contributed by atoms with Crippen LogP contribution in [0.3, 0.4) is 0 Å². The maximum Gasteiger partial charge on any atom is 0.230 e. The zero-order valence-electron chi connectivity index (χ0n) is 17.6. The number of thioether (sulfide) groups is 1. The summed E-state index contributed by atoms with van der Waals surface area (Å²) in [6, 6.07) is 9.85. The highest BCUT2D eigenvalue weighted by molar-refractivity contribution is 7.99. The second-order valence-corrected chi connectivity index (χ2v) is 9.16. The van der Waals surface area contributed by atoms with Crippen LogP contribution in [0.25, 0.3) is 17.1 Å². The van der Waals surface area contributed by atoms with Gasteiger partial charge in [0.05, 0.1) is 11.4 Å². The summed E-state index contributed by atoms with van der Waals surface area (Å²) in [5, 5.41) is 13.4. The highest BCUT2D eigenvalue weighted by Gasteiger charge is 2.20. The molecule has 1 aliphatic rings. The average molecular weight is 456 g/mol. The molecule has 0 unspecified atom stereocenters. The number of hydrogen-bond acceptors (Lipinski definition) is 5. The molecule has 1 amide bonds. The Morgan fingerprint density at radius 2 is 1.87 bits per heavy atom. The molecule has 6 nitrogen and oxygen atoms in total. The molecule has 1 aromatic carbocycles. The van der Waals surface area contributed by atoms with Crippen molar-refractivity contribution in [3.8, 4) is 17.1 Å². The van der Waals surface area contributed by atoms with Crippen LogP contribution in [0.15, 0.2) is 47.9 Å². The lowest BCUT2D eigenvalue weighted by molar-refractivity contribution is -0.119. The van der Waals surface area contributed by atoms with Crippen LogP contribution in [0.4, 0.5) is 0 Å². The van der Waals surface area contributed by atoms with E-state index in [0.717, 1.165) is 29.7 Å². The van der Waals surface area contributed by atoms with E-state index in [-0.39, 0.29) is 11.9 Å². The molecular weight excluding hydrogens is 430 g/mol. The molecule has 1 fully saturated rings. The van der Waals surface area contributed by atoms with Crippen molar-refractivity contribution in [1.29, 1.82) is 0 Å². The van der Waals surface area contributed by atoms with Gasteiger partial charge in [0.1, 0.15) is 0 Å². The molecule has 0 atom stereocenters. The van der Waals surface area contributed by atoms with Gasteiger partial charge in [-0.1, -0.05) is 55.1 Å². The molecule has 2 heterocycles. The predicted molar refractivity (Wildman–Crippen MR) is 125 cm³/mol. The Morgan fingerprint density at radius 3 is 2.61 bits per heavy atom. The first-order chi connectivity index (χ1) is 15.1. The van der Waals surface area contributed by atoms with Crippen LogP contribution in [-0.4, -0.2) is 37.5 Å². The molecule has 0 spiro atoms. The predicted octanol–water partition coefficient (Wildman–Crippen LogP) is 5.22. The number of benzene rings is 1. The Morgan fingerprint density at radius 1 is 1.13 bits per heavy atom. The first-order valence-corrected chi connectivity index (χ1v) is 12.0. The number of hydrogen-bond donors (Lipinski definition) is 1. The standard InChI is InChI=1S/C23H26ClN5OS/c1-16-19(24)9-6-10-20(16)29-22(17-11-13-25-14-12-17)27-28-23(29)31-15-21(30)26-18-7-4-2-3-5-8-18/h6,9-14,18H,2-5,7-8,15H2,1H3,(H,26,30). The van der Waals surface area contributed by atoms with Gasteiger partial charge in [-0.25, -0.2) is 0 Å².